The molecule has 0 radical (unpaired) electrons. The fourth-order valence-electron chi connectivity index (χ4n) is 7.88. The van der Waals surface area contributed by atoms with Crippen molar-refractivity contribution in [1.29, 1.82) is 0 Å². The maximum absolute atomic E-state index is 13.0. The lowest BCUT2D eigenvalue weighted by Crippen LogP contribution is -2.76. The average molecular weight is 479 g/mol. The molecule has 0 aliphatic carbocycles. The summed E-state index contributed by atoms with van der Waals surface area (Å²) in [4.78, 5) is 25.7. The maximum Gasteiger partial charge on any atom is 0.316 e. The number of ether oxygens (including phenoxy) is 2. The molecule has 3 aliphatic heterocycles. The second-order valence-corrected chi connectivity index (χ2v) is 14.1. The molecule has 3 saturated heterocycles. The van der Waals surface area contributed by atoms with Crippen molar-refractivity contribution in [2.45, 2.75) is 160 Å². The number of carbonyl (C=O) groups excluding carboxylic acids is 2. The minimum atomic E-state index is -0.439. The highest BCUT2D eigenvalue weighted by Gasteiger charge is 2.71. The molecule has 0 amide bonds. The van der Waals surface area contributed by atoms with Gasteiger partial charge in [-0.25, -0.2) is 0 Å². The van der Waals surface area contributed by atoms with Crippen LogP contribution < -0.4 is 10.6 Å². The van der Waals surface area contributed by atoms with Crippen LogP contribution in [0.25, 0.3) is 0 Å². The minimum Gasteiger partial charge on any atom is -0.462 e. The summed E-state index contributed by atoms with van der Waals surface area (Å²) >= 11 is 0. The van der Waals surface area contributed by atoms with Crippen molar-refractivity contribution in [2.24, 2.45) is 5.41 Å². The van der Waals surface area contributed by atoms with Crippen LogP contribution in [0, 0.1) is 5.41 Å². The lowest BCUT2D eigenvalue weighted by atomic mass is 9.53. The molecule has 34 heavy (non-hydrogen) atoms. The van der Waals surface area contributed by atoms with Crippen molar-refractivity contribution >= 4 is 11.9 Å². The van der Waals surface area contributed by atoms with E-state index < -0.39 is 11.0 Å². The van der Waals surface area contributed by atoms with Crippen molar-refractivity contribution in [3.63, 3.8) is 0 Å². The Hall–Kier alpha value is -1.14. The van der Waals surface area contributed by atoms with E-state index in [-0.39, 0.29) is 40.2 Å². The van der Waals surface area contributed by atoms with Gasteiger partial charge in [0.1, 0.15) is 17.1 Å². The molecule has 1 spiro atoms. The van der Waals surface area contributed by atoms with Crippen LogP contribution in [-0.4, -0.2) is 45.8 Å². The van der Waals surface area contributed by atoms with E-state index >= 15 is 0 Å². The summed E-state index contributed by atoms with van der Waals surface area (Å²) < 4.78 is 11.9. The molecule has 0 aromatic carbocycles. The first-order valence-corrected chi connectivity index (χ1v) is 13.5. The van der Waals surface area contributed by atoms with Crippen molar-refractivity contribution in [3.05, 3.63) is 0 Å². The van der Waals surface area contributed by atoms with Gasteiger partial charge in [0.05, 0.1) is 0 Å². The molecule has 1 unspecified atom stereocenters. The third-order valence-electron chi connectivity index (χ3n) is 8.04. The Balaban J connectivity index is 1.59. The number of nitrogens with one attached hydrogen (secondary N) is 2. The lowest BCUT2D eigenvalue weighted by Gasteiger charge is -2.64. The zero-order valence-electron chi connectivity index (χ0n) is 23.3. The van der Waals surface area contributed by atoms with Gasteiger partial charge in [-0.2, -0.15) is 0 Å². The van der Waals surface area contributed by atoms with Crippen LogP contribution in [0.1, 0.15) is 127 Å². The monoisotopic (exact) mass is 478 g/mol. The summed E-state index contributed by atoms with van der Waals surface area (Å²) in [6, 6.07) is 0. The SMILES string of the molecule is CCCC1(CCCCC(=O)OC2CC(C)(C)NC(C)(C)C2)C(=O)OC12CC(C)(C)NC(C)(C)C2. The van der Waals surface area contributed by atoms with Gasteiger partial charge in [0.25, 0.3) is 0 Å². The molecule has 196 valence electrons. The van der Waals surface area contributed by atoms with Crippen molar-refractivity contribution in [2.75, 3.05) is 0 Å². The van der Waals surface area contributed by atoms with Crippen molar-refractivity contribution in [3.8, 4) is 0 Å². The van der Waals surface area contributed by atoms with E-state index in [9.17, 15) is 9.59 Å². The lowest BCUT2D eigenvalue weighted by molar-refractivity contribution is -0.267. The van der Waals surface area contributed by atoms with Crippen molar-refractivity contribution < 1.29 is 19.1 Å². The summed E-state index contributed by atoms with van der Waals surface area (Å²) in [5.74, 6) is -0.150. The first-order valence-electron chi connectivity index (χ1n) is 13.5. The third-order valence-corrected chi connectivity index (χ3v) is 8.04. The number of rotatable bonds is 8. The second-order valence-electron chi connectivity index (χ2n) is 14.1. The molecular formula is C28H50N2O4. The Morgan fingerprint density at radius 3 is 1.91 bits per heavy atom. The maximum atomic E-state index is 13.0. The Morgan fingerprint density at radius 1 is 0.882 bits per heavy atom. The second kappa shape index (κ2) is 9.06. The number of hydrogen-bond donors (Lipinski definition) is 2. The summed E-state index contributed by atoms with van der Waals surface area (Å²) in [5.41, 5.74) is -1.14. The van der Waals surface area contributed by atoms with Gasteiger partial charge in [-0.3, -0.25) is 9.59 Å². The number of piperidine rings is 2. The van der Waals surface area contributed by atoms with Crippen LogP contribution >= 0.6 is 0 Å². The van der Waals surface area contributed by atoms with E-state index in [1.165, 1.54) is 0 Å². The van der Waals surface area contributed by atoms with Crippen LogP contribution in [0.2, 0.25) is 0 Å². The normalized spacial score (nSPS) is 30.9. The Bertz CT molecular complexity index is 753. The largest absolute Gasteiger partial charge is 0.462 e. The van der Waals surface area contributed by atoms with Crippen molar-refractivity contribution in [1.82, 2.24) is 10.6 Å². The van der Waals surface area contributed by atoms with Crippen LogP contribution in [-0.2, 0) is 19.1 Å². The molecular weight excluding hydrogens is 428 g/mol. The highest BCUT2D eigenvalue weighted by Crippen LogP contribution is 2.60. The summed E-state index contributed by atoms with van der Waals surface area (Å²) in [7, 11) is 0. The first-order chi connectivity index (χ1) is 15.4. The number of unbranched alkanes of at least 4 members (excludes halogenated alkanes) is 1. The zero-order chi connectivity index (χ0) is 25.6. The molecule has 1 atom stereocenters. The van der Waals surface area contributed by atoms with E-state index in [2.05, 4.69) is 72.9 Å². The smallest absolute Gasteiger partial charge is 0.316 e. The summed E-state index contributed by atoms with van der Waals surface area (Å²) in [5, 5.41) is 7.36. The van der Waals surface area contributed by atoms with Gasteiger partial charge in [0.15, 0.2) is 0 Å². The molecule has 6 heteroatoms. The van der Waals surface area contributed by atoms with Crippen LogP contribution in [0.3, 0.4) is 0 Å². The fourth-order valence-corrected chi connectivity index (χ4v) is 7.88. The van der Waals surface area contributed by atoms with E-state index in [0.29, 0.717) is 6.42 Å². The molecule has 0 saturated carbocycles. The number of esters is 2. The predicted octanol–water partition coefficient (Wildman–Crippen LogP) is 5.42. The highest BCUT2D eigenvalue weighted by molar-refractivity contribution is 5.85. The quantitative estimate of drug-likeness (QED) is 0.358. The fraction of sp³-hybridized carbons (Fsp3) is 0.929. The highest BCUT2D eigenvalue weighted by atomic mass is 16.6. The van der Waals surface area contributed by atoms with Gasteiger partial charge in [-0.15, -0.1) is 0 Å². The molecule has 0 bridgehead atoms. The standard InChI is InChI=1S/C28H50N2O4/c1-10-14-27(22(32)34-28(27)18-25(6,7)30-26(8,9)19-28)15-12-11-13-21(31)33-20-16-23(2,3)29-24(4,5)17-20/h20,29-30H,10-19H2,1-9H3. The summed E-state index contributed by atoms with van der Waals surface area (Å²) in [6.45, 7) is 19.6. The molecule has 3 heterocycles. The molecule has 0 aromatic heterocycles. The van der Waals surface area contributed by atoms with Gasteiger partial charge >= 0.3 is 11.9 Å². The minimum absolute atomic E-state index is 0.0374. The summed E-state index contributed by atoms with van der Waals surface area (Å²) in [6.07, 6.45) is 7.85. The Morgan fingerprint density at radius 2 is 1.41 bits per heavy atom. The van der Waals surface area contributed by atoms with Gasteiger partial charge in [-0.05, 0) is 74.7 Å². The molecule has 3 rings (SSSR count). The van der Waals surface area contributed by atoms with Gasteiger partial charge in [0, 0.05) is 54.3 Å². The zero-order valence-corrected chi connectivity index (χ0v) is 23.3. The van der Waals surface area contributed by atoms with E-state index in [0.717, 1.165) is 57.8 Å². The van der Waals surface area contributed by atoms with Gasteiger partial charge in [-0.1, -0.05) is 19.8 Å². The predicted molar refractivity (Wildman–Crippen MR) is 136 cm³/mol. The number of carbonyl (C=O) groups is 2. The molecule has 6 nitrogen and oxygen atoms in total. The van der Waals surface area contributed by atoms with Crippen LogP contribution in [0.5, 0.6) is 0 Å². The topological polar surface area (TPSA) is 76.7 Å². The van der Waals surface area contributed by atoms with Crippen LogP contribution in [0.15, 0.2) is 0 Å². The Labute approximate surface area is 207 Å². The third kappa shape index (κ3) is 5.80. The molecule has 2 N–H and O–H groups in total. The average Bonchev–Trinajstić information content (AvgIpc) is 2.58. The van der Waals surface area contributed by atoms with E-state index in [4.69, 9.17) is 9.47 Å². The van der Waals surface area contributed by atoms with Gasteiger partial charge < -0.3 is 20.1 Å². The van der Waals surface area contributed by atoms with E-state index in [1.54, 1.807) is 0 Å². The molecule has 3 aliphatic rings. The number of hydrogen-bond acceptors (Lipinski definition) is 6. The molecule has 3 fully saturated rings. The van der Waals surface area contributed by atoms with E-state index in [1.807, 2.05) is 0 Å². The first kappa shape index (κ1) is 27.4. The van der Waals surface area contributed by atoms with Gasteiger partial charge in [0.2, 0.25) is 0 Å². The Kier molecular flexibility index (Phi) is 7.32. The van der Waals surface area contributed by atoms with Crippen LogP contribution in [0.4, 0.5) is 0 Å². The molecule has 0 aromatic rings.